The Kier molecular flexibility index (Phi) is 6.08. The number of amides is 2. The SMILES string of the molecule is CC1=CC(C)(C)N(C)c2cc(C)c(C=C3C(=O)N(c4ccccc4)C(=S)N(c4ccccc4)C3=O)cc21. The van der Waals surface area contributed by atoms with Gasteiger partial charge in [0.05, 0.1) is 16.9 Å². The molecule has 37 heavy (non-hydrogen) atoms. The van der Waals surface area contributed by atoms with Crippen molar-refractivity contribution in [2.75, 3.05) is 21.7 Å². The van der Waals surface area contributed by atoms with Gasteiger partial charge in [0.1, 0.15) is 5.57 Å². The number of para-hydroxylation sites is 2. The van der Waals surface area contributed by atoms with Gasteiger partial charge in [0, 0.05) is 18.3 Å². The molecule has 5 nitrogen and oxygen atoms in total. The van der Waals surface area contributed by atoms with Gasteiger partial charge in [-0.05, 0) is 99.1 Å². The summed E-state index contributed by atoms with van der Waals surface area (Å²) in [6.07, 6.45) is 3.95. The van der Waals surface area contributed by atoms with Crippen LogP contribution >= 0.6 is 12.2 Å². The molecule has 0 unspecified atom stereocenters. The molecule has 0 atom stereocenters. The number of carbonyl (C=O) groups excluding carboxylic acids is 2. The second-order valence-corrected chi connectivity index (χ2v) is 10.4. The minimum absolute atomic E-state index is 0.0653. The van der Waals surface area contributed by atoms with Crippen molar-refractivity contribution in [2.24, 2.45) is 0 Å². The summed E-state index contributed by atoms with van der Waals surface area (Å²) in [6, 6.07) is 22.6. The molecule has 3 aromatic carbocycles. The molecule has 0 spiro atoms. The number of likely N-dealkylation sites (N-methyl/N-ethyl adjacent to an activating group) is 1. The number of allylic oxidation sites excluding steroid dienone is 1. The summed E-state index contributed by atoms with van der Waals surface area (Å²) in [7, 11) is 2.09. The Bertz CT molecular complexity index is 1430. The quantitative estimate of drug-likeness (QED) is 0.235. The van der Waals surface area contributed by atoms with Crippen LogP contribution in [0.15, 0.2) is 84.4 Å². The van der Waals surface area contributed by atoms with Crippen LogP contribution in [0.4, 0.5) is 17.1 Å². The van der Waals surface area contributed by atoms with Crippen LogP contribution in [-0.4, -0.2) is 29.5 Å². The number of nitrogens with zero attached hydrogens (tertiary/aromatic N) is 3. The summed E-state index contributed by atoms with van der Waals surface area (Å²) >= 11 is 5.71. The third kappa shape index (κ3) is 4.17. The fourth-order valence-corrected chi connectivity index (χ4v) is 5.34. The summed E-state index contributed by atoms with van der Waals surface area (Å²) in [5, 5.41) is 0.134. The fourth-order valence-electron chi connectivity index (χ4n) is 4.97. The third-order valence-corrected chi connectivity index (χ3v) is 7.55. The van der Waals surface area contributed by atoms with Gasteiger partial charge in [-0.3, -0.25) is 19.4 Å². The Labute approximate surface area is 223 Å². The van der Waals surface area contributed by atoms with Crippen molar-refractivity contribution in [2.45, 2.75) is 33.2 Å². The lowest BCUT2D eigenvalue weighted by Crippen LogP contribution is -2.56. The molecular weight excluding hydrogens is 478 g/mol. The zero-order valence-electron chi connectivity index (χ0n) is 21.6. The molecular formula is C31H29N3O2S. The van der Waals surface area contributed by atoms with Crippen molar-refractivity contribution in [3.05, 3.63) is 101 Å². The summed E-state index contributed by atoms with van der Waals surface area (Å²) < 4.78 is 0. The minimum atomic E-state index is -0.434. The predicted molar refractivity (Wildman–Crippen MR) is 156 cm³/mol. The predicted octanol–water partition coefficient (Wildman–Crippen LogP) is 6.38. The number of anilines is 3. The Morgan fingerprint density at radius 2 is 1.32 bits per heavy atom. The summed E-state index contributed by atoms with van der Waals surface area (Å²) in [4.78, 5) is 32.8. The molecule has 1 fully saturated rings. The van der Waals surface area contributed by atoms with E-state index < -0.39 is 11.8 Å². The summed E-state index contributed by atoms with van der Waals surface area (Å²) in [6.45, 7) is 8.48. The number of aryl methyl sites for hydroxylation is 1. The lowest BCUT2D eigenvalue weighted by atomic mass is 9.87. The van der Waals surface area contributed by atoms with Crippen LogP contribution in [0.5, 0.6) is 0 Å². The van der Waals surface area contributed by atoms with Crippen LogP contribution in [0.25, 0.3) is 11.6 Å². The van der Waals surface area contributed by atoms with Crippen LogP contribution in [0, 0.1) is 6.92 Å². The van der Waals surface area contributed by atoms with Crippen molar-refractivity contribution in [1.29, 1.82) is 0 Å². The van der Waals surface area contributed by atoms with Gasteiger partial charge in [-0.1, -0.05) is 42.5 Å². The summed E-state index contributed by atoms with van der Waals surface area (Å²) in [5.74, 6) is -0.868. The van der Waals surface area contributed by atoms with Crippen LogP contribution in [0.3, 0.4) is 0 Å². The average Bonchev–Trinajstić information content (AvgIpc) is 2.87. The van der Waals surface area contributed by atoms with Crippen molar-refractivity contribution >= 4 is 57.9 Å². The molecule has 0 aliphatic carbocycles. The largest absolute Gasteiger partial charge is 0.365 e. The average molecular weight is 508 g/mol. The molecule has 6 heteroatoms. The first-order valence-electron chi connectivity index (χ1n) is 12.2. The lowest BCUT2D eigenvalue weighted by molar-refractivity contribution is -0.120. The fraction of sp³-hybridized carbons (Fsp3) is 0.194. The molecule has 0 saturated carbocycles. The zero-order chi connectivity index (χ0) is 26.5. The number of hydrogen-bond acceptors (Lipinski definition) is 4. The Hall–Kier alpha value is -4.03. The third-order valence-electron chi connectivity index (χ3n) is 7.18. The van der Waals surface area contributed by atoms with Crippen LogP contribution < -0.4 is 14.7 Å². The smallest absolute Gasteiger partial charge is 0.270 e. The van der Waals surface area contributed by atoms with Gasteiger partial charge < -0.3 is 4.90 Å². The maximum atomic E-state index is 13.8. The monoisotopic (exact) mass is 507 g/mol. The maximum Gasteiger partial charge on any atom is 0.270 e. The van der Waals surface area contributed by atoms with Crippen molar-refractivity contribution in [3.8, 4) is 0 Å². The normalized spacial score (nSPS) is 17.1. The highest BCUT2D eigenvalue weighted by molar-refractivity contribution is 7.81. The van der Waals surface area contributed by atoms with E-state index in [1.54, 1.807) is 6.08 Å². The zero-order valence-corrected chi connectivity index (χ0v) is 22.5. The van der Waals surface area contributed by atoms with E-state index in [4.69, 9.17) is 12.2 Å². The highest BCUT2D eigenvalue weighted by Crippen LogP contribution is 2.40. The molecule has 186 valence electrons. The van der Waals surface area contributed by atoms with E-state index in [0.717, 1.165) is 28.0 Å². The van der Waals surface area contributed by atoms with Crippen molar-refractivity contribution in [1.82, 2.24) is 0 Å². The maximum absolute atomic E-state index is 13.8. The molecule has 2 amide bonds. The lowest BCUT2D eigenvalue weighted by Gasteiger charge is -2.41. The highest BCUT2D eigenvalue weighted by atomic mass is 32.1. The topological polar surface area (TPSA) is 43.9 Å². The van der Waals surface area contributed by atoms with Gasteiger partial charge >= 0.3 is 0 Å². The molecule has 2 heterocycles. The molecule has 2 aliphatic heterocycles. The second kappa shape index (κ2) is 9.12. The first kappa shape index (κ1) is 24.7. The number of fused-ring (bicyclic) bond motifs is 1. The van der Waals surface area contributed by atoms with Crippen LogP contribution in [-0.2, 0) is 9.59 Å². The van der Waals surface area contributed by atoms with Gasteiger partial charge in [-0.2, -0.15) is 0 Å². The van der Waals surface area contributed by atoms with Crippen LogP contribution in [0.2, 0.25) is 0 Å². The van der Waals surface area contributed by atoms with Gasteiger partial charge in [0.15, 0.2) is 5.11 Å². The van der Waals surface area contributed by atoms with E-state index >= 15 is 0 Å². The Morgan fingerprint density at radius 1 is 0.811 bits per heavy atom. The Balaban J connectivity index is 1.67. The van der Waals surface area contributed by atoms with E-state index in [2.05, 4.69) is 50.9 Å². The van der Waals surface area contributed by atoms with Crippen molar-refractivity contribution < 1.29 is 9.59 Å². The molecule has 5 rings (SSSR count). The highest BCUT2D eigenvalue weighted by Gasteiger charge is 2.41. The molecule has 1 saturated heterocycles. The molecule has 0 N–H and O–H groups in total. The molecule has 0 bridgehead atoms. The first-order valence-corrected chi connectivity index (χ1v) is 12.6. The number of thiocarbonyl (C=S) groups is 1. The van der Waals surface area contributed by atoms with E-state index in [1.165, 1.54) is 9.80 Å². The van der Waals surface area contributed by atoms with E-state index in [9.17, 15) is 9.59 Å². The van der Waals surface area contributed by atoms with Gasteiger partial charge in [0.2, 0.25) is 0 Å². The van der Waals surface area contributed by atoms with E-state index in [0.29, 0.717) is 11.4 Å². The number of benzene rings is 3. The molecule has 2 aliphatic rings. The number of hydrogen-bond donors (Lipinski definition) is 0. The summed E-state index contributed by atoms with van der Waals surface area (Å²) in [5.41, 5.74) is 6.37. The first-order chi connectivity index (χ1) is 17.6. The van der Waals surface area contributed by atoms with Crippen LogP contribution in [0.1, 0.15) is 37.5 Å². The number of carbonyl (C=O) groups is 2. The second-order valence-electron chi connectivity index (χ2n) is 10.1. The van der Waals surface area contributed by atoms with Gasteiger partial charge in [-0.25, -0.2) is 0 Å². The van der Waals surface area contributed by atoms with Gasteiger partial charge in [0.25, 0.3) is 11.8 Å². The molecule has 3 aromatic rings. The van der Waals surface area contributed by atoms with Gasteiger partial charge in [-0.15, -0.1) is 0 Å². The van der Waals surface area contributed by atoms with E-state index in [-0.39, 0.29) is 16.2 Å². The van der Waals surface area contributed by atoms with Crippen molar-refractivity contribution in [3.63, 3.8) is 0 Å². The standard InChI is InChI=1S/C31H29N3O2S/c1-20-16-27-25(21(2)19-31(3,4)32(27)5)17-22(20)18-26-28(35)33(23-12-8-6-9-13-23)30(37)34(29(26)36)24-14-10-7-11-15-24/h6-19H,1-5H3. The Morgan fingerprint density at radius 3 is 1.84 bits per heavy atom. The molecule has 0 aromatic heterocycles. The van der Waals surface area contributed by atoms with E-state index in [1.807, 2.05) is 67.6 Å². The minimum Gasteiger partial charge on any atom is -0.365 e. The number of rotatable bonds is 3. The molecule has 0 radical (unpaired) electrons.